The van der Waals surface area contributed by atoms with Gasteiger partial charge in [-0.1, -0.05) is 27.7 Å². The van der Waals surface area contributed by atoms with Crippen LogP contribution in [-0.4, -0.2) is 113 Å². The Kier molecular flexibility index (Phi) is 11.1. The van der Waals surface area contributed by atoms with Gasteiger partial charge in [0, 0.05) is 72.7 Å². The molecule has 8 aromatic heterocycles. The van der Waals surface area contributed by atoms with Crippen LogP contribution < -0.4 is 0 Å². The fraction of sp³-hybridized carbons (Fsp3) is 0.455. The summed E-state index contributed by atoms with van der Waals surface area (Å²) in [5.41, 5.74) is 6.76. The summed E-state index contributed by atoms with van der Waals surface area (Å²) in [4.78, 5) is 9.88. The predicted octanol–water partition coefficient (Wildman–Crippen LogP) is 5.75. The lowest BCUT2D eigenvalue weighted by molar-refractivity contribution is -0.104. The van der Waals surface area contributed by atoms with E-state index in [4.69, 9.17) is 9.97 Å². The van der Waals surface area contributed by atoms with E-state index >= 15 is 0 Å². The molecular formula is C44H54N14O4. The van der Waals surface area contributed by atoms with Gasteiger partial charge in [-0.15, -0.1) is 0 Å². The maximum Gasteiger partial charge on any atom is 0.0999 e. The van der Waals surface area contributed by atoms with E-state index < -0.39 is 11.2 Å². The fourth-order valence-electron chi connectivity index (χ4n) is 8.81. The molecule has 18 nitrogen and oxygen atoms in total. The summed E-state index contributed by atoms with van der Waals surface area (Å²) in [5, 5.41) is 65.7. The Morgan fingerprint density at radius 3 is 1.29 bits per heavy atom. The molecule has 8 heterocycles. The summed E-state index contributed by atoms with van der Waals surface area (Å²) >= 11 is 0. The van der Waals surface area contributed by atoms with Crippen LogP contribution in [0.5, 0.6) is 0 Å². The van der Waals surface area contributed by atoms with E-state index in [0.717, 1.165) is 81.7 Å². The van der Waals surface area contributed by atoms with Gasteiger partial charge in [-0.3, -0.25) is 18.7 Å². The average molecular weight is 843 g/mol. The summed E-state index contributed by atoms with van der Waals surface area (Å²) in [6.45, 7) is 8.25. The summed E-state index contributed by atoms with van der Waals surface area (Å²) in [6.07, 6.45) is 28.7. The predicted molar refractivity (Wildman–Crippen MR) is 231 cm³/mol. The molecule has 2 saturated carbocycles. The van der Waals surface area contributed by atoms with Crippen molar-refractivity contribution in [3.8, 4) is 45.0 Å². The average Bonchev–Trinajstić information content (AvgIpc) is 4.13. The van der Waals surface area contributed by atoms with E-state index in [1.165, 1.54) is 0 Å². The second-order valence-electron chi connectivity index (χ2n) is 16.9. The first-order valence-electron chi connectivity index (χ1n) is 21.6. The maximum atomic E-state index is 10.1. The molecule has 0 bridgehead atoms. The van der Waals surface area contributed by atoms with Gasteiger partial charge in [0.15, 0.2) is 0 Å². The van der Waals surface area contributed by atoms with Gasteiger partial charge >= 0.3 is 0 Å². The SMILES string of the molecule is CCC(CC)n1cc(-c2nc(-c3cnn(C4CC(O)(CO)C4)c3)cn3nccc23)cn1.CCC(CC)n1cc(-c2nc(-c3cnn(C4CC(O)(CO)C4)c3)cn3nccc23)cn1. The molecule has 8 aromatic rings. The molecule has 4 N–H and O–H groups in total. The highest BCUT2D eigenvalue weighted by Crippen LogP contribution is 2.42. The monoisotopic (exact) mass is 842 g/mol. The van der Waals surface area contributed by atoms with Crippen LogP contribution in [0, 0.1) is 0 Å². The van der Waals surface area contributed by atoms with Gasteiger partial charge in [0.05, 0.1) is 132 Å². The van der Waals surface area contributed by atoms with Crippen LogP contribution in [0.1, 0.15) is 103 Å². The molecule has 0 saturated heterocycles. The number of hydrogen-bond donors (Lipinski definition) is 4. The van der Waals surface area contributed by atoms with Crippen LogP contribution in [0.3, 0.4) is 0 Å². The van der Waals surface area contributed by atoms with Crippen molar-refractivity contribution in [2.75, 3.05) is 13.2 Å². The van der Waals surface area contributed by atoms with Crippen LogP contribution in [0.15, 0.2) is 86.5 Å². The first-order valence-corrected chi connectivity index (χ1v) is 21.6. The molecule has 10 rings (SSSR count). The second kappa shape index (κ2) is 16.7. The minimum atomic E-state index is -0.981. The maximum absolute atomic E-state index is 10.1. The first-order chi connectivity index (χ1) is 30.1. The van der Waals surface area contributed by atoms with Crippen molar-refractivity contribution >= 4 is 11.0 Å². The highest BCUT2D eigenvalue weighted by Gasteiger charge is 2.44. The number of aromatic nitrogens is 14. The standard InChI is InChI=1S/2C22H27N7O2/c2*1-3-17(4-2)27-12-16(10-25-27)21-20-5-6-23-29(20)13-19(26-21)15-9-24-28(11-15)18-7-22(31,8-18)14-30/h2*5-6,9-13,17-18,30-31H,3-4,7-8,14H2,1-2H3. The highest BCUT2D eigenvalue weighted by atomic mass is 16.3. The van der Waals surface area contributed by atoms with Crippen molar-refractivity contribution < 1.29 is 20.4 Å². The third-order valence-corrected chi connectivity index (χ3v) is 12.8. The largest absolute Gasteiger partial charge is 0.393 e. The van der Waals surface area contributed by atoms with Gasteiger partial charge in [0.2, 0.25) is 0 Å². The molecule has 0 radical (unpaired) electrons. The zero-order chi connectivity index (χ0) is 43.2. The lowest BCUT2D eigenvalue weighted by atomic mass is 9.76. The summed E-state index contributed by atoms with van der Waals surface area (Å²) < 4.78 is 11.4. The quantitative estimate of drug-likeness (QED) is 0.103. The first kappa shape index (κ1) is 41.3. The molecule has 0 aromatic carbocycles. The third kappa shape index (κ3) is 7.71. The van der Waals surface area contributed by atoms with Crippen LogP contribution in [-0.2, 0) is 0 Å². The van der Waals surface area contributed by atoms with Crippen molar-refractivity contribution in [3.63, 3.8) is 0 Å². The van der Waals surface area contributed by atoms with Crippen molar-refractivity contribution in [3.05, 3.63) is 86.5 Å². The Morgan fingerprint density at radius 2 is 0.919 bits per heavy atom. The van der Waals surface area contributed by atoms with Gasteiger partial charge in [-0.2, -0.15) is 30.6 Å². The van der Waals surface area contributed by atoms with Crippen molar-refractivity contribution in [2.24, 2.45) is 0 Å². The lowest BCUT2D eigenvalue weighted by Gasteiger charge is -2.42. The molecule has 0 unspecified atom stereocenters. The molecule has 62 heavy (non-hydrogen) atoms. The highest BCUT2D eigenvalue weighted by molar-refractivity contribution is 5.79. The van der Waals surface area contributed by atoms with Crippen molar-refractivity contribution in [2.45, 2.75) is 114 Å². The molecule has 2 aliphatic carbocycles. The number of hydrogen-bond acceptors (Lipinski definition) is 12. The summed E-state index contributed by atoms with van der Waals surface area (Å²) in [5.74, 6) is 0. The number of aliphatic hydroxyl groups is 4. The van der Waals surface area contributed by atoms with E-state index in [2.05, 4.69) is 70.7 Å². The molecule has 0 aliphatic heterocycles. The topological polar surface area (TPSA) is 213 Å². The van der Waals surface area contributed by atoms with Crippen molar-refractivity contribution in [1.29, 1.82) is 0 Å². The minimum absolute atomic E-state index is 0.0806. The Hall–Kier alpha value is -6.08. The van der Waals surface area contributed by atoms with Gasteiger partial charge in [-0.25, -0.2) is 19.0 Å². The zero-order valence-electron chi connectivity index (χ0n) is 35.5. The Bertz CT molecular complexity index is 2580. The van der Waals surface area contributed by atoms with Gasteiger partial charge < -0.3 is 20.4 Å². The van der Waals surface area contributed by atoms with Crippen LogP contribution >= 0.6 is 0 Å². The molecule has 2 aliphatic rings. The molecule has 2 fully saturated rings. The van der Waals surface area contributed by atoms with Crippen LogP contribution in [0.4, 0.5) is 0 Å². The lowest BCUT2D eigenvalue weighted by Crippen LogP contribution is -2.47. The number of aliphatic hydroxyl groups excluding tert-OH is 2. The fourth-order valence-corrected chi connectivity index (χ4v) is 8.81. The molecule has 324 valence electrons. The molecule has 0 atom stereocenters. The third-order valence-electron chi connectivity index (χ3n) is 12.8. The normalized spacial score (nSPS) is 21.1. The molecule has 18 heteroatoms. The summed E-state index contributed by atoms with van der Waals surface area (Å²) in [7, 11) is 0. The molecular weight excluding hydrogens is 789 g/mol. The van der Waals surface area contributed by atoms with Gasteiger partial charge in [0.1, 0.15) is 0 Å². The Morgan fingerprint density at radius 1 is 0.532 bits per heavy atom. The summed E-state index contributed by atoms with van der Waals surface area (Å²) in [6, 6.07) is 4.81. The van der Waals surface area contributed by atoms with Crippen LogP contribution in [0.25, 0.3) is 56.1 Å². The smallest absolute Gasteiger partial charge is 0.0999 e. The minimum Gasteiger partial charge on any atom is -0.393 e. The zero-order valence-corrected chi connectivity index (χ0v) is 35.5. The number of rotatable bonds is 14. The van der Waals surface area contributed by atoms with E-state index in [9.17, 15) is 20.4 Å². The Balaban J connectivity index is 0.000000158. The van der Waals surface area contributed by atoms with E-state index in [-0.39, 0.29) is 25.3 Å². The number of fused-ring (bicyclic) bond motifs is 2. The van der Waals surface area contributed by atoms with Gasteiger partial charge in [0.25, 0.3) is 0 Å². The van der Waals surface area contributed by atoms with Crippen LogP contribution in [0.2, 0.25) is 0 Å². The second-order valence-corrected chi connectivity index (χ2v) is 16.9. The number of nitrogens with zero attached hydrogens (tertiary/aromatic N) is 14. The van der Waals surface area contributed by atoms with E-state index in [1.807, 2.05) is 77.1 Å². The molecule has 0 amide bonds. The van der Waals surface area contributed by atoms with Crippen molar-refractivity contribution in [1.82, 2.24) is 68.3 Å². The van der Waals surface area contributed by atoms with E-state index in [0.29, 0.717) is 37.8 Å². The van der Waals surface area contributed by atoms with E-state index in [1.54, 1.807) is 24.8 Å². The Labute approximate surface area is 358 Å². The molecule has 0 spiro atoms. The van der Waals surface area contributed by atoms with Gasteiger partial charge in [-0.05, 0) is 37.8 Å².